The highest BCUT2D eigenvalue weighted by molar-refractivity contribution is 6.32. The molecule has 1 aliphatic carbocycles. The zero-order chi connectivity index (χ0) is 22.3. The smallest absolute Gasteiger partial charge is 0.229 e. The highest BCUT2D eigenvalue weighted by atomic mass is 35.5. The van der Waals surface area contributed by atoms with Crippen molar-refractivity contribution in [1.29, 1.82) is 0 Å². The minimum atomic E-state index is -0.0144. The van der Waals surface area contributed by atoms with Crippen molar-refractivity contribution in [3.8, 4) is 0 Å². The lowest BCUT2D eigenvalue weighted by Gasteiger charge is -2.28. The van der Waals surface area contributed by atoms with Crippen LogP contribution in [0.4, 0.5) is 17.6 Å². The zero-order valence-electron chi connectivity index (χ0n) is 18.7. The van der Waals surface area contributed by atoms with E-state index in [1.54, 1.807) is 0 Å². The van der Waals surface area contributed by atoms with E-state index in [0.29, 0.717) is 22.1 Å². The summed E-state index contributed by atoms with van der Waals surface area (Å²) < 4.78 is 0. The van der Waals surface area contributed by atoms with Crippen molar-refractivity contribution < 1.29 is 0 Å². The predicted octanol–water partition coefficient (Wildman–Crippen LogP) is 3.27. The molecule has 0 unspecified atom stereocenters. The number of halogens is 1. The molecule has 3 aliphatic rings. The number of nitrogens with zero attached hydrogens (tertiary/aromatic N) is 6. The van der Waals surface area contributed by atoms with Crippen molar-refractivity contribution in [3.63, 3.8) is 0 Å². The summed E-state index contributed by atoms with van der Waals surface area (Å²) in [5.74, 6) is 2.21. The molecule has 2 N–H and O–H groups in total. The average Bonchev–Trinajstić information content (AvgIpc) is 3.37. The van der Waals surface area contributed by atoms with E-state index in [9.17, 15) is 0 Å². The lowest BCUT2D eigenvalue weighted by molar-refractivity contribution is 0.580. The normalized spacial score (nSPS) is 19.8. The van der Waals surface area contributed by atoms with Gasteiger partial charge in [-0.2, -0.15) is 9.97 Å². The minimum Gasteiger partial charge on any atom is -0.362 e. The Morgan fingerprint density at radius 2 is 1.67 bits per heavy atom. The van der Waals surface area contributed by atoms with Gasteiger partial charge in [0.05, 0.1) is 0 Å². The Hall–Kier alpha value is -2.71. The lowest BCUT2D eigenvalue weighted by Crippen LogP contribution is -2.44. The molecule has 33 heavy (non-hydrogen) atoms. The van der Waals surface area contributed by atoms with Crippen molar-refractivity contribution >= 4 is 40.3 Å². The fourth-order valence-corrected chi connectivity index (χ4v) is 5.05. The molecule has 4 heterocycles. The SMILES string of the molecule is Clc1nc2c(N3CCCC3)nc(N3CCNCC3)nc2nc1NC1(Cc2ccccc2)CC1. The van der Waals surface area contributed by atoms with Crippen LogP contribution in [-0.2, 0) is 6.42 Å². The van der Waals surface area contributed by atoms with Crippen LogP contribution in [0.1, 0.15) is 31.2 Å². The van der Waals surface area contributed by atoms with Crippen LogP contribution in [-0.4, -0.2) is 64.7 Å². The second-order valence-electron chi connectivity index (χ2n) is 9.38. The van der Waals surface area contributed by atoms with Gasteiger partial charge in [-0.25, -0.2) is 9.97 Å². The zero-order valence-corrected chi connectivity index (χ0v) is 19.5. The third-order valence-corrected chi connectivity index (χ3v) is 7.15. The van der Waals surface area contributed by atoms with E-state index < -0.39 is 0 Å². The number of rotatable bonds is 6. The van der Waals surface area contributed by atoms with E-state index in [-0.39, 0.29) is 5.54 Å². The van der Waals surface area contributed by atoms with E-state index in [4.69, 9.17) is 31.5 Å². The van der Waals surface area contributed by atoms with Crippen LogP contribution in [0.3, 0.4) is 0 Å². The molecule has 0 radical (unpaired) electrons. The highest BCUT2D eigenvalue weighted by Gasteiger charge is 2.43. The molecule has 2 saturated heterocycles. The first-order valence-electron chi connectivity index (χ1n) is 12.0. The summed E-state index contributed by atoms with van der Waals surface area (Å²) in [5.41, 5.74) is 2.61. The molecule has 0 bridgehead atoms. The van der Waals surface area contributed by atoms with Crippen molar-refractivity contribution in [2.45, 2.75) is 37.6 Å². The third-order valence-electron chi connectivity index (χ3n) is 6.89. The summed E-state index contributed by atoms with van der Waals surface area (Å²) in [4.78, 5) is 24.0. The molecule has 6 rings (SSSR count). The van der Waals surface area contributed by atoms with Gasteiger partial charge in [0, 0.05) is 44.8 Å². The van der Waals surface area contributed by atoms with Crippen molar-refractivity contribution in [2.24, 2.45) is 0 Å². The maximum Gasteiger partial charge on any atom is 0.229 e. The first kappa shape index (κ1) is 20.9. The molecular weight excluding hydrogens is 436 g/mol. The number of anilines is 3. The van der Waals surface area contributed by atoms with Crippen LogP contribution in [0.2, 0.25) is 5.15 Å². The van der Waals surface area contributed by atoms with Gasteiger partial charge in [0.25, 0.3) is 0 Å². The van der Waals surface area contributed by atoms with Gasteiger partial charge >= 0.3 is 0 Å². The largest absolute Gasteiger partial charge is 0.362 e. The number of nitrogens with one attached hydrogen (secondary N) is 2. The molecular formula is C24H29ClN8. The van der Waals surface area contributed by atoms with E-state index >= 15 is 0 Å². The summed E-state index contributed by atoms with van der Waals surface area (Å²) in [6, 6.07) is 10.6. The Balaban J connectivity index is 1.37. The monoisotopic (exact) mass is 464 g/mol. The minimum absolute atomic E-state index is 0.0144. The van der Waals surface area contributed by atoms with Crippen molar-refractivity contribution in [2.75, 3.05) is 54.4 Å². The molecule has 2 aliphatic heterocycles. The van der Waals surface area contributed by atoms with Crippen LogP contribution >= 0.6 is 11.6 Å². The van der Waals surface area contributed by atoms with Gasteiger partial charge in [-0.15, -0.1) is 0 Å². The van der Waals surface area contributed by atoms with E-state index in [2.05, 4.69) is 50.8 Å². The Bertz CT molecular complexity index is 1140. The fraction of sp³-hybridized carbons (Fsp3) is 0.500. The van der Waals surface area contributed by atoms with Gasteiger partial charge in [0.15, 0.2) is 28.0 Å². The van der Waals surface area contributed by atoms with Crippen LogP contribution in [0.15, 0.2) is 30.3 Å². The molecule has 1 aromatic carbocycles. The van der Waals surface area contributed by atoms with E-state index in [0.717, 1.165) is 83.1 Å². The highest BCUT2D eigenvalue weighted by Crippen LogP contribution is 2.43. The second kappa shape index (κ2) is 8.57. The van der Waals surface area contributed by atoms with Crippen LogP contribution < -0.4 is 20.4 Å². The quantitative estimate of drug-likeness (QED) is 0.575. The summed E-state index contributed by atoms with van der Waals surface area (Å²) >= 11 is 6.68. The number of piperazine rings is 1. The molecule has 172 valence electrons. The Morgan fingerprint density at radius 3 is 2.39 bits per heavy atom. The summed E-state index contributed by atoms with van der Waals surface area (Å²) in [6.45, 7) is 5.59. The number of hydrogen-bond donors (Lipinski definition) is 2. The second-order valence-corrected chi connectivity index (χ2v) is 9.74. The number of fused-ring (bicyclic) bond motifs is 1. The molecule has 0 amide bonds. The van der Waals surface area contributed by atoms with Gasteiger partial charge < -0.3 is 20.4 Å². The molecule has 3 fully saturated rings. The summed E-state index contributed by atoms with van der Waals surface area (Å²) in [6.07, 6.45) is 5.45. The Kier molecular flexibility index (Phi) is 5.42. The molecule has 2 aromatic heterocycles. The average molecular weight is 465 g/mol. The number of hydrogen-bond acceptors (Lipinski definition) is 8. The molecule has 8 nitrogen and oxygen atoms in total. The van der Waals surface area contributed by atoms with Crippen LogP contribution in [0, 0.1) is 0 Å². The molecule has 3 aromatic rings. The Morgan fingerprint density at radius 1 is 0.909 bits per heavy atom. The maximum absolute atomic E-state index is 6.68. The van der Waals surface area contributed by atoms with Gasteiger partial charge in [-0.05, 0) is 37.7 Å². The van der Waals surface area contributed by atoms with Crippen LogP contribution in [0.25, 0.3) is 11.2 Å². The predicted molar refractivity (Wildman–Crippen MR) is 132 cm³/mol. The van der Waals surface area contributed by atoms with Crippen LogP contribution in [0.5, 0.6) is 0 Å². The molecule has 9 heteroatoms. The van der Waals surface area contributed by atoms with Crippen molar-refractivity contribution in [3.05, 3.63) is 41.0 Å². The summed E-state index contributed by atoms with van der Waals surface area (Å²) in [5, 5.41) is 7.41. The Labute approximate surface area is 198 Å². The van der Waals surface area contributed by atoms with Gasteiger partial charge in [-0.1, -0.05) is 41.9 Å². The van der Waals surface area contributed by atoms with E-state index in [1.807, 2.05) is 0 Å². The topological polar surface area (TPSA) is 82.1 Å². The standard InChI is InChI=1S/C24H29ClN8/c25-19-21(31-24(8-9-24)16-17-6-2-1-3-7-17)28-20-18(27-19)22(32-12-4-5-13-32)30-23(29-20)33-14-10-26-11-15-33/h1-3,6-7,26H,4-5,8-16H2,(H,28,29,30,31). The van der Waals surface area contributed by atoms with Gasteiger partial charge in [0.1, 0.15) is 0 Å². The van der Waals surface area contributed by atoms with Crippen molar-refractivity contribution in [1.82, 2.24) is 25.3 Å². The molecule has 1 saturated carbocycles. The first-order chi connectivity index (χ1) is 16.2. The molecule has 0 spiro atoms. The van der Waals surface area contributed by atoms with Gasteiger partial charge in [0.2, 0.25) is 5.95 Å². The number of benzene rings is 1. The maximum atomic E-state index is 6.68. The fourth-order valence-electron chi connectivity index (χ4n) is 4.87. The van der Waals surface area contributed by atoms with Gasteiger partial charge in [-0.3, -0.25) is 0 Å². The van der Waals surface area contributed by atoms with E-state index in [1.165, 1.54) is 5.56 Å². The summed E-state index contributed by atoms with van der Waals surface area (Å²) in [7, 11) is 0. The number of aromatic nitrogens is 4. The third kappa shape index (κ3) is 4.29. The lowest BCUT2D eigenvalue weighted by atomic mass is 10.0. The first-order valence-corrected chi connectivity index (χ1v) is 12.3. The molecule has 0 atom stereocenters.